The number of halogens is 1. The first-order chi connectivity index (χ1) is 9.42. The van der Waals surface area contributed by atoms with E-state index in [4.69, 9.17) is 5.11 Å². The van der Waals surface area contributed by atoms with E-state index >= 15 is 0 Å². The maximum Gasteiger partial charge on any atom is 0.317 e. The molecular formula is C13H17BrN2O3S. The molecule has 110 valence electrons. The molecule has 0 atom stereocenters. The van der Waals surface area contributed by atoms with Crippen molar-refractivity contribution in [1.82, 2.24) is 10.2 Å². The fourth-order valence-electron chi connectivity index (χ4n) is 2.14. The highest BCUT2D eigenvalue weighted by Crippen LogP contribution is 2.31. The first-order valence-corrected chi connectivity index (χ1v) is 8.08. The Hall–Kier alpha value is -1.08. The number of likely N-dealkylation sites (tertiary alicyclic amines) is 1. The molecule has 1 aromatic rings. The summed E-state index contributed by atoms with van der Waals surface area (Å²) < 4.78 is 1.000. The molecule has 5 nitrogen and oxygen atoms in total. The maximum absolute atomic E-state index is 12.0. The Bertz CT molecular complexity index is 509. The largest absolute Gasteiger partial charge is 0.481 e. The standard InChI is InChI=1S/C13H17BrN2O3S/c1-13(11(17)18)3-5-16(6-4-13)12(19)15-8-10-9(14)2-7-20-10/h2,7H,3-6,8H2,1H3,(H,15,19)(H,17,18). The number of rotatable bonds is 3. The molecule has 1 aliphatic rings. The quantitative estimate of drug-likeness (QED) is 0.870. The van der Waals surface area contributed by atoms with Crippen molar-refractivity contribution in [3.05, 3.63) is 20.8 Å². The van der Waals surface area contributed by atoms with Crippen LogP contribution in [-0.2, 0) is 11.3 Å². The van der Waals surface area contributed by atoms with E-state index in [-0.39, 0.29) is 6.03 Å². The average Bonchev–Trinajstić information content (AvgIpc) is 2.82. The normalized spacial score (nSPS) is 17.8. The van der Waals surface area contributed by atoms with E-state index in [1.807, 2.05) is 11.4 Å². The van der Waals surface area contributed by atoms with E-state index in [0.717, 1.165) is 9.35 Å². The third-order valence-electron chi connectivity index (χ3n) is 3.76. The Morgan fingerprint density at radius 1 is 1.50 bits per heavy atom. The summed E-state index contributed by atoms with van der Waals surface area (Å²) in [4.78, 5) is 26.0. The summed E-state index contributed by atoms with van der Waals surface area (Å²) in [6.45, 7) is 3.21. The minimum absolute atomic E-state index is 0.127. The molecule has 0 radical (unpaired) electrons. The molecule has 20 heavy (non-hydrogen) atoms. The molecule has 2 heterocycles. The van der Waals surface area contributed by atoms with E-state index in [2.05, 4.69) is 21.2 Å². The van der Waals surface area contributed by atoms with Crippen LogP contribution in [0.1, 0.15) is 24.6 Å². The molecule has 1 aliphatic heterocycles. The topological polar surface area (TPSA) is 69.6 Å². The van der Waals surface area contributed by atoms with Crippen LogP contribution < -0.4 is 5.32 Å². The van der Waals surface area contributed by atoms with Gasteiger partial charge in [0, 0.05) is 22.4 Å². The minimum atomic E-state index is -0.778. The molecule has 7 heteroatoms. The number of carboxylic acid groups (broad SMARTS) is 1. The Morgan fingerprint density at radius 3 is 2.65 bits per heavy atom. The number of carboxylic acids is 1. The number of thiophene rings is 1. The van der Waals surface area contributed by atoms with Crippen molar-refractivity contribution in [3.63, 3.8) is 0 Å². The second kappa shape index (κ2) is 6.13. The van der Waals surface area contributed by atoms with E-state index in [0.29, 0.717) is 32.5 Å². The van der Waals surface area contributed by atoms with Crippen molar-refractivity contribution < 1.29 is 14.7 Å². The molecular weight excluding hydrogens is 344 g/mol. The predicted octanol–water partition coefficient (Wildman–Crippen LogP) is 2.91. The van der Waals surface area contributed by atoms with E-state index < -0.39 is 11.4 Å². The zero-order chi connectivity index (χ0) is 14.8. The van der Waals surface area contributed by atoms with Gasteiger partial charge in [-0.25, -0.2) is 4.79 Å². The third kappa shape index (κ3) is 3.32. The van der Waals surface area contributed by atoms with Crippen molar-refractivity contribution in [2.24, 2.45) is 5.41 Å². The van der Waals surface area contributed by atoms with Crippen LogP contribution in [0.25, 0.3) is 0 Å². The van der Waals surface area contributed by atoms with Gasteiger partial charge in [-0.3, -0.25) is 4.79 Å². The molecule has 2 rings (SSSR count). The lowest BCUT2D eigenvalue weighted by Gasteiger charge is -2.36. The number of carbonyl (C=O) groups excluding carboxylic acids is 1. The Balaban J connectivity index is 1.83. The van der Waals surface area contributed by atoms with Crippen LogP contribution in [0.3, 0.4) is 0 Å². The molecule has 0 bridgehead atoms. The minimum Gasteiger partial charge on any atom is -0.481 e. The molecule has 0 unspecified atom stereocenters. The highest BCUT2D eigenvalue weighted by Gasteiger charge is 2.37. The number of aliphatic carboxylic acids is 1. The highest BCUT2D eigenvalue weighted by atomic mass is 79.9. The van der Waals surface area contributed by atoms with Crippen LogP contribution in [0.15, 0.2) is 15.9 Å². The summed E-state index contributed by atoms with van der Waals surface area (Å²) in [5.74, 6) is -0.778. The average molecular weight is 361 g/mol. The fraction of sp³-hybridized carbons (Fsp3) is 0.538. The summed E-state index contributed by atoms with van der Waals surface area (Å²) >= 11 is 5.01. The monoisotopic (exact) mass is 360 g/mol. The first-order valence-electron chi connectivity index (χ1n) is 6.40. The molecule has 0 aliphatic carbocycles. The lowest BCUT2D eigenvalue weighted by atomic mass is 9.80. The number of nitrogens with zero attached hydrogens (tertiary/aromatic N) is 1. The zero-order valence-electron chi connectivity index (χ0n) is 11.2. The van der Waals surface area contributed by atoms with Crippen LogP contribution >= 0.6 is 27.3 Å². The van der Waals surface area contributed by atoms with Gasteiger partial charge in [-0.15, -0.1) is 11.3 Å². The maximum atomic E-state index is 12.0. The molecule has 1 fully saturated rings. The summed E-state index contributed by atoms with van der Waals surface area (Å²) in [7, 11) is 0. The van der Waals surface area contributed by atoms with E-state index in [9.17, 15) is 9.59 Å². The van der Waals surface area contributed by atoms with Crippen LogP contribution in [0.5, 0.6) is 0 Å². The fourth-order valence-corrected chi connectivity index (χ4v) is 3.57. The SMILES string of the molecule is CC1(C(=O)O)CCN(C(=O)NCc2sccc2Br)CC1. The van der Waals surface area contributed by atoms with Gasteiger partial charge in [0.2, 0.25) is 0 Å². The number of amides is 2. The molecule has 0 spiro atoms. The predicted molar refractivity (Wildman–Crippen MR) is 80.8 cm³/mol. The summed E-state index contributed by atoms with van der Waals surface area (Å²) in [6, 6.07) is 1.82. The molecule has 1 aromatic heterocycles. The summed E-state index contributed by atoms with van der Waals surface area (Å²) in [6.07, 6.45) is 0.997. The van der Waals surface area contributed by atoms with E-state index in [1.54, 1.807) is 23.2 Å². The van der Waals surface area contributed by atoms with Crippen LogP contribution in [-0.4, -0.2) is 35.1 Å². The van der Waals surface area contributed by atoms with Gasteiger partial charge in [-0.2, -0.15) is 0 Å². The summed E-state index contributed by atoms with van der Waals surface area (Å²) in [5, 5.41) is 14.0. The van der Waals surface area contributed by atoms with Gasteiger partial charge in [0.05, 0.1) is 12.0 Å². The van der Waals surface area contributed by atoms with Crippen LogP contribution in [0, 0.1) is 5.41 Å². The number of hydrogen-bond donors (Lipinski definition) is 2. The Labute approximate surface area is 130 Å². The lowest BCUT2D eigenvalue weighted by Crippen LogP contribution is -2.48. The number of piperidine rings is 1. The second-order valence-electron chi connectivity index (χ2n) is 5.20. The molecule has 0 saturated carbocycles. The number of urea groups is 1. The van der Waals surface area contributed by atoms with Gasteiger partial charge in [0.25, 0.3) is 0 Å². The van der Waals surface area contributed by atoms with Gasteiger partial charge in [0.15, 0.2) is 0 Å². The van der Waals surface area contributed by atoms with E-state index in [1.165, 1.54) is 0 Å². The Morgan fingerprint density at radius 2 is 2.15 bits per heavy atom. The van der Waals surface area contributed by atoms with Gasteiger partial charge >= 0.3 is 12.0 Å². The first kappa shape index (κ1) is 15.3. The molecule has 0 aromatic carbocycles. The molecule has 2 amide bonds. The Kier molecular flexibility index (Phi) is 4.70. The molecule has 2 N–H and O–H groups in total. The van der Waals surface area contributed by atoms with Crippen molar-refractivity contribution in [2.45, 2.75) is 26.3 Å². The van der Waals surface area contributed by atoms with Crippen LogP contribution in [0.4, 0.5) is 4.79 Å². The highest BCUT2D eigenvalue weighted by molar-refractivity contribution is 9.10. The smallest absolute Gasteiger partial charge is 0.317 e. The molecule has 1 saturated heterocycles. The van der Waals surface area contributed by atoms with Gasteiger partial charge in [-0.05, 0) is 47.1 Å². The summed E-state index contributed by atoms with van der Waals surface area (Å²) in [5.41, 5.74) is -0.701. The lowest BCUT2D eigenvalue weighted by molar-refractivity contribution is -0.150. The van der Waals surface area contributed by atoms with Crippen molar-refractivity contribution in [2.75, 3.05) is 13.1 Å². The zero-order valence-corrected chi connectivity index (χ0v) is 13.6. The van der Waals surface area contributed by atoms with Crippen molar-refractivity contribution >= 4 is 39.3 Å². The van der Waals surface area contributed by atoms with Crippen molar-refractivity contribution in [3.8, 4) is 0 Å². The van der Waals surface area contributed by atoms with Gasteiger partial charge in [-0.1, -0.05) is 0 Å². The number of nitrogens with one attached hydrogen (secondary N) is 1. The van der Waals surface area contributed by atoms with Crippen molar-refractivity contribution in [1.29, 1.82) is 0 Å². The second-order valence-corrected chi connectivity index (χ2v) is 7.06. The third-order valence-corrected chi connectivity index (χ3v) is 5.69. The number of carbonyl (C=O) groups is 2. The van der Waals surface area contributed by atoms with Gasteiger partial charge in [0.1, 0.15) is 0 Å². The van der Waals surface area contributed by atoms with Gasteiger partial charge < -0.3 is 15.3 Å². The van der Waals surface area contributed by atoms with Crippen LogP contribution in [0.2, 0.25) is 0 Å². The number of hydrogen-bond acceptors (Lipinski definition) is 3.